The number of alkyl halides is 3. The first-order valence-electron chi connectivity index (χ1n) is 11.0. The van der Waals surface area contributed by atoms with E-state index in [0.29, 0.717) is 5.56 Å². The van der Waals surface area contributed by atoms with Crippen molar-refractivity contribution < 1.29 is 36.6 Å². The molecule has 2 aromatic carbocycles. The van der Waals surface area contributed by atoms with E-state index in [4.69, 9.17) is 14.9 Å². The molecule has 1 amide bonds. The number of aryl methyl sites for hydroxylation is 1. The lowest BCUT2D eigenvalue weighted by Gasteiger charge is -2.11. The molecule has 0 aliphatic rings. The number of carbonyl (C=O) groups is 1. The zero-order valence-electron chi connectivity index (χ0n) is 19.7. The van der Waals surface area contributed by atoms with Gasteiger partial charge in [0.05, 0.1) is 19.8 Å². The Morgan fingerprint density at radius 3 is 2.59 bits per heavy atom. The second-order valence-corrected chi connectivity index (χ2v) is 8.20. The molecule has 0 radical (unpaired) electrons. The van der Waals surface area contributed by atoms with E-state index in [1.807, 2.05) is 0 Å². The number of oxazole rings is 1. The Kier molecular flexibility index (Phi) is 7.14. The minimum atomic E-state index is -4.68. The molecule has 194 valence electrons. The number of ether oxygens (including phenoxy) is 1. The number of aliphatic hydroxyl groups is 1. The first-order chi connectivity index (χ1) is 17.5. The molecular weight excluding hydrogens is 496 g/mol. The van der Waals surface area contributed by atoms with E-state index in [9.17, 15) is 27.5 Å². The molecule has 4 N–H and O–H groups in total. The van der Waals surface area contributed by atoms with Crippen LogP contribution >= 0.6 is 0 Å². The molecule has 12 heteroatoms. The van der Waals surface area contributed by atoms with Gasteiger partial charge in [0.2, 0.25) is 5.89 Å². The number of aromatic nitrogens is 2. The van der Waals surface area contributed by atoms with Gasteiger partial charge in [0.15, 0.2) is 11.5 Å². The summed E-state index contributed by atoms with van der Waals surface area (Å²) >= 11 is 0. The van der Waals surface area contributed by atoms with Crippen LogP contribution in [0, 0.1) is 12.7 Å². The standard InChI is InChI=1S/C25H22F4N4O4/c1-12-3-4-13(16(26)9-12)10-31-23(35)21-22(17(30)11-34)37-24(33-21)15-5-7-18(36-2)20-14(15)6-8-19(32-20)25(27,28)29/h3-9,17,34H,10-11,30H2,1-2H3,(H,31,35)/t17-/m0/s1. The van der Waals surface area contributed by atoms with Gasteiger partial charge >= 0.3 is 6.18 Å². The monoisotopic (exact) mass is 518 g/mol. The van der Waals surface area contributed by atoms with E-state index in [0.717, 1.165) is 6.07 Å². The fraction of sp³-hybridized carbons (Fsp3) is 0.240. The molecule has 0 aliphatic heterocycles. The lowest BCUT2D eigenvalue weighted by molar-refractivity contribution is -0.140. The van der Waals surface area contributed by atoms with Gasteiger partial charge in [-0.15, -0.1) is 0 Å². The molecule has 0 spiro atoms. The maximum Gasteiger partial charge on any atom is 0.433 e. The molecule has 0 saturated heterocycles. The van der Waals surface area contributed by atoms with Crippen molar-refractivity contribution >= 4 is 16.8 Å². The summed E-state index contributed by atoms with van der Waals surface area (Å²) in [5, 5.41) is 12.3. The van der Waals surface area contributed by atoms with E-state index < -0.39 is 36.2 Å². The minimum Gasteiger partial charge on any atom is -0.494 e. The number of halogens is 4. The minimum absolute atomic E-state index is 0.0850. The van der Waals surface area contributed by atoms with Crippen LogP contribution in [0.3, 0.4) is 0 Å². The highest BCUT2D eigenvalue weighted by Crippen LogP contribution is 2.37. The molecular formula is C25H22F4N4O4. The molecule has 4 rings (SSSR count). The number of carbonyl (C=O) groups excluding carboxylic acids is 1. The summed E-state index contributed by atoms with van der Waals surface area (Å²) in [6.07, 6.45) is -4.68. The number of nitrogens with zero attached hydrogens (tertiary/aromatic N) is 2. The zero-order valence-corrected chi connectivity index (χ0v) is 19.7. The number of aliphatic hydroxyl groups excluding tert-OH is 1. The lowest BCUT2D eigenvalue weighted by atomic mass is 10.1. The summed E-state index contributed by atoms with van der Waals surface area (Å²) in [6, 6.07) is 8.30. The van der Waals surface area contributed by atoms with Crippen LogP contribution in [0.2, 0.25) is 0 Å². The summed E-state index contributed by atoms with van der Waals surface area (Å²) in [6.45, 7) is 0.991. The van der Waals surface area contributed by atoms with Gasteiger partial charge in [0.1, 0.15) is 22.8 Å². The van der Waals surface area contributed by atoms with Crippen LogP contribution in [0.15, 0.2) is 46.9 Å². The highest BCUT2D eigenvalue weighted by molar-refractivity contribution is 5.98. The number of pyridine rings is 1. The number of hydrogen-bond acceptors (Lipinski definition) is 7. The lowest BCUT2D eigenvalue weighted by Crippen LogP contribution is -2.26. The van der Waals surface area contributed by atoms with Crippen LogP contribution in [-0.4, -0.2) is 34.7 Å². The van der Waals surface area contributed by atoms with Crippen molar-refractivity contribution in [2.45, 2.75) is 25.7 Å². The summed E-state index contributed by atoms with van der Waals surface area (Å²) in [4.78, 5) is 20.9. The van der Waals surface area contributed by atoms with Crippen LogP contribution in [0.4, 0.5) is 17.6 Å². The second kappa shape index (κ2) is 10.1. The number of rotatable bonds is 7. The summed E-state index contributed by atoms with van der Waals surface area (Å²) in [5.41, 5.74) is 5.62. The summed E-state index contributed by atoms with van der Waals surface area (Å²) < 4.78 is 64.8. The maximum absolute atomic E-state index is 14.2. The second-order valence-electron chi connectivity index (χ2n) is 8.20. The molecule has 2 aromatic heterocycles. The van der Waals surface area contributed by atoms with Gasteiger partial charge in [0, 0.05) is 23.1 Å². The van der Waals surface area contributed by atoms with Gasteiger partial charge in [-0.1, -0.05) is 12.1 Å². The number of amides is 1. The van der Waals surface area contributed by atoms with Crippen molar-refractivity contribution in [3.05, 3.63) is 76.6 Å². The number of benzene rings is 2. The number of nitrogens with one attached hydrogen (secondary N) is 1. The van der Waals surface area contributed by atoms with Gasteiger partial charge in [-0.3, -0.25) is 4.79 Å². The van der Waals surface area contributed by atoms with E-state index in [-0.39, 0.29) is 51.7 Å². The molecule has 8 nitrogen and oxygen atoms in total. The van der Waals surface area contributed by atoms with Crippen LogP contribution in [-0.2, 0) is 12.7 Å². The topological polar surface area (TPSA) is 124 Å². The third-order valence-corrected chi connectivity index (χ3v) is 5.61. The fourth-order valence-corrected chi connectivity index (χ4v) is 3.70. The van der Waals surface area contributed by atoms with Crippen LogP contribution in [0.25, 0.3) is 22.4 Å². The first-order valence-corrected chi connectivity index (χ1v) is 11.0. The van der Waals surface area contributed by atoms with Crippen LogP contribution in [0.5, 0.6) is 5.75 Å². The van der Waals surface area contributed by atoms with E-state index in [1.54, 1.807) is 13.0 Å². The molecule has 37 heavy (non-hydrogen) atoms. The van der Waals surface area contributed by atoms with Crippen molar-refractivity contribution in [3.63, 3.8) is 0 Å². The average molecular weight is 518 g/mol. The molecule has 4 aromatic rings. The maximum atomic E-state index is 14.2. The van der Waals surface area contributed by atoms with Gasteiger partial charge in [0.25, 0.3) is 5.91 Å². The van der Waals surface area contributed by atoms with Gasteiger partial charge in [-0.2, -0.15) is 13.2 Å². The number of fused-ring (bicyclic) bond motifs is 1. The zero-order chi connectivity index (χ0) is 26.9. The Labute approximate surface area is 208 Å². The van der Waals surface area contributed by atoms with E-state index >= 15 is 0 Å². The Bertz CT molecular complexity index is 1470. The third kappa shape index (κ3) is 5.25. The average Bonchev–Trinajstić information content (AvgIpc) is 3.31. The number of hydrogen-bond donors (Lipinski definition) is 3. The Morgan fingerprint density at radius 1 is 1.19 bits per heavy atom. The molecule has 0 saturated carbocycles. The van der Waals surface area contributed by atoms with E-state index in [2.05, 4.69) is 15.3 Å². The van der Waals surface area contributed by atoms with Gasteiger partial charge in [-0.05, 0) is 42.8 Å². The molecule has 2 heterocycles. The van der Waals surface area contributed by atoms with Crippen molar-refractivity contribution in [1.82, 2.24) is 15.3 Å². The third-order valence-electron chi connectivity index (χ3n) is 5.61. The smallest absolute Gasteiger partial charge is 0.433 e. The quantitative estimate of drug-likeness (QED) is 0.312. The highest BCUT2D eigenvalue weighted by Gasteiger charge is 2.33. The van der Waals surface area contributed by atoms with Crippen LogP contribution in [0.1, 0.15) is 39.1 Å². The molecule has 0 aliphatic carbocycles. The summed E-state index contributed by atoms with van der Waals surface area (Å²) in [5.74, 6) is -1.45. The van der Waals surface area contributed by atoms with Crippen LogP contribution < -0.4 is 15.8 Å². The fourth-order valence-electron chi connectivity index (χ4n) is 3.70. The predicted octanol–water partition coefficient (Wildman–Crippen LogP) is 4.29. The summed E-state index contributed by atoms with van der Waals surface area (Å²) in [7, 11) is 1.29. The van der Waals surface area contributed by atoms with Crippen molar-refractivity contribution in [2.75, 3.05) is 13.7 Å². The number of methoxy groups -OCH3 is 1. The number of nitrogens with two attached hydrogens (primary N) is 1. The Hall–Kier alpha value is -4.03. The molecule has 0 unspecified atom stereocenters. The first kappa shape index (κ1) is 26.0. The largest absolute Gasteiger partial charge is 0.494 e. The molecule has 0 fully saturated rings. The van der Waals surface area contributed by atoms with Gasteiger partial charge < -0.3 is 25.3 Å². The Balaban J connectivity index is 1.75. The van der Waals surface area contributed by atoms with Crippen molar-refractivity contribution in [3.8, 4) is 17.2 Å². The van der Waals surface area contributed by atoms with Gasteiger partial charge in [-0.25, -0.2) is 14.4 Å². The predicted molar refractivity (Wildman–Crippen MR) is 125 cm³/mol. The van der Waals surface area contributed by atoms with E-state index in [1.165, 1.54) is 37.4 Å². The van der Waals surface area contributed by atoms with Crippen molar-refractivity contribution in [2.24, 2.45) is 5.73 Å². The normalized spacial score (nSPS) is 12.5. The molecule has 0 bridgehead atoms. The SMILES string of the molecule is COc1ccc(-c2nc(C(=O)NCc3ccc(C)cc3F)c([C@@H](N)CO)o2)c2ccc(C(F)(F)F)nc12. The Morgan fingerprint density at radius 2 is 1.95 bits per heavy atom. The molecule has 1 atom stereocenters. The van der Waals surface area contributed by atoms with Crippen molar-refractivity contribution in [1.29, 1.82) is 0 Å². The highest BCUT2D eigenvalue weighted by atomic mass is 19.4.